The van der Waals surface area contributed by atoms with Gasteiger partial charge in [-0.05, 0) is 43.7 Å². The Balaban J connectivity index is 1.65. The topological polar surface area (TPSA) is 73.5 Å². The van der Waals surface area contributed by atoms with Gasteiger partial charge in [0.2, 0.25) is 5.91 Å². The lowest BCUT2D eigenvalue weighted by Gasteiger charge is -2.11. The van der Waals surface area contributed by atoms with Crippen LogP contribution in [0.2, 0.25) is 0 Å². The summed E-state index contributed by atoms with van der Waals surface area (Å²) in [6.07, 6.45) is 0.0890. The minimum Gasteiger partial charge on any atom is -0.491 e. The summed E-state index contributed by atoms with van der Waals surface area (Å²) in [5, 5.41) is 2.81. The van der Waals surface area contributed by atoms with Gasteiger partial charge in [-0.1, -0.05) is 24.3 Å². The molecule has 1 amide bonds. The number of ether oxygens (including phenoxy) is 1. The Kier molecular flexibility index (Phi) is 4.88. The molecule has 1 heterocycles. The SMILES string of the molecule is CC(C)Oc1cccc(CNC(=O)Cn2c(=O)oc3ccccc32)c1. The summed E-state index contributed by atoms with van der Waals surface area (Å²) >= 11 is 0. The lowest BCUT2D eigenvalue weighted by Crippen LogP contribution is -2.30. The molecular weight excluding hydrogens is 320 g/mol. The summed E-state index contributed by atoms with van der Waals surface area (Å²) in [6.45, 7) is 4.19. The molecule has 0 spiro atoms. The van der Waals surface area contributed by atoms with Crippen LogP contribution in [0.5, 0.6) is 5.75 Å². The second-order valence-electron chi connectivity index (χ2n) is 6.01. The van der Waals surface area contributed by atoms with Gasteiger partial charge in [-0.25, -0.2) is 4.79 Å². The van der Waals surface area contributed by atoms with Crippen molar-refractivity contribution in [2.45, 2.75) is 33.0 Å². The van der Waals surface area contributed by atoms with E-state index in [9.17, 15) is 9.59 Å². The minimum absolute atomic E-state index is 0.0853. The third kappa shape index (κ3) is 4.09. The number of hydrogen-bond donors (Lipinski definition) is 1. The number of nitrogens with one attached hydrogen (secondary N) is 1. The number of fused-ring (bicyclic) bond motifs is 1. The number of aromatic nitrogens is 1. The molecule has 0 saturated carbocycles. The lowest BCUT2D eigenvalue weighted by atomic mass is 10.2. The van der Waals surface area contributed by atoms with E-state index in [1.165, 1.54) is 4.57 Å². The number of benzene rings is 2. The molecule has 6 nitrogen and oxygen atoms in total. The third-order valence-corrected chi connectivity index (χ3v) is 3.64. The number of carbonyl (C=O) groups excluding carboxylic acids is 1. The quantitative estimate of drug-likeness (QED) is 0.749. The van der Waals surface area contributed by atoms with Crippen LogP contribution in [-0.2, 0) is 17.9 Å². The van der Waals surface area contributed by atoms with E-state index in [0.717, 1.165) is 11.3 Å². The first-order valence-corrected chi connectivity index (χ1v) is 8.13. The number of amides is 1. The Morgan fingerprint density at radius 2 is 2.00 bits per heavy atom. The highest BCUT2D eigenvalue weighted by Gasteiger charge is 2.12. The van der Waals surface area contributed by atoms with Crippen LogP contribution in [0.4, 0.5) is 0 Å². The molecule has 1 N–H and O–H groups in total. The normalized spacial score (nSPS) is 11.0. The smallest absolute Gasteiger partial charge is 0.420 e. The Labute approximate surface area is 145 Å². The zero-order valence-electron chi connectivity index (χ0n) is 14.2. The van der Waals surface area contributed by atoms with Gasteiger partial charge in [0.1, 0.15) is 12.3 Å². The van der Waals surface area contributed by atoms with Crippen molar-refractivity contribution >= 4 is 17.0 Å². The molecule has 0 unspecified atom stereocenters. The summed E-state index contributed by atoms with van der Waals surface area (Å²) in [4.78, 5) is 24.1. The molecule has 3 aromatic rings. The maximum Gasteiger partial charge on any atom is 0.420 e. The van der Waals surface area contributed by atoms with Gasteiger partial charge >= 0.3 is 5.76 Å². The minimum atomic E-state index is -0.538. The van der Waals surface area contributed by atoms with Crippen molar-refractivity contribution in [1.82, 2.24) is 9.88 Å². The highest BCUT2D eigenvalue weighted by Crippen LogP contribution is 2.15. The van der Waals surface area contributed by atoms with Crippen LogP contribution in [0.15, 0.2) is 57.7 Å². The first kappa shape index (κ1) is 16.8. The summed E-state index contributed by atoms with van der Waals surface area (Å²) in [5.41, 5.74) is 2.00. The fraction of sp³-hybridized carbons (Fsp3) is 0.263. The van der Waals surface area contributed by atoms with Crippen LogP contribution < -0.4 is 15.8 Å². The number of para-hydroxylation sites is 2. The van der Waals surface area contributed by atoms with E-state index in [0.29, 0.717) is 17.6 Å². The van der Waals surface area contributed by atoms with E-state index in [2.05, 4.69) is 5.32 Å². The molecule has 2 aromatic carbocycles. The predicted octanol–water partition coefficient (Wildman–Crippen LogP) is 2.70. The molecule has 0 aliphatic heterocycles. The van der Waals surface area contributed by atoms with Crippen LogP contribution >= 0.6 is 0 Å². The summed E-state index contributed by atoms with van der Waals surface area (Å²) in [7, 11) is 0. The van der Waals surface area contributed by atoms with Crippen LogP contribution in [0.25, 0.3) is 11.1 Å². The number of oxazole rings is 1. The average molecular weight is 340 g/mol. The van der Waals surface area contributed by atoms with Crippen molar-refractivity contribution < 1.29 is 13.9 Å². The van der Waals surface area contributed by atoms with Crippen molar-refractivity contribution in [2.75, 3.05) is 0 Å². The second-order valence-corrected chi connectivity index (χ2v) is 6.01. The summed E-state index contributed by atoms with van der Waals surface area (Å²) < 4.78 is 12.1. The van der Waals surface area contributed by atoms with E-state index in [1.54, 1.807) is 24.3 Å². The fourth-order valence-corrected chi connectivity index (χ4v) is 2.56. The number of hydrogen-bond acceptors (Lipinski definition) is 4. The van der Waals surface area contributed by atoms with Crippen molar-refractivity contribution in [3.63, 3.8) is 0 Å². The standard InChI is InChI=1S/C19H20N2O4/c1-13(2)24-15-7-5-6-14(10-15)11-20-18(22)12-21-16-8-3-4-9-17(16)25-19(21)23/h3-10,13H,11-12H2,1-2H3,(H,20,22). The van der Waals surface area contributed by atoms with E-state index < -0.39 is 5.76 Å². The van der Waals surface area contributed by atoms with E-state index >= 15 is 0 Å². The van der Waals surface area contributed by atoms with Gasteiger partial charge < -0.3 is 14.5 Å². The second kappa shape index (κ2) is 7.25. The van der Waals surface area contributed by atoms with Gasteiger partial charge in [0.15, 0.2) is 5.58 Å². The Hall–Kier alpha value is -3.02. The number of nitrogens with zero attached hydrogens (tertiary/aromatic N) is 1. The molecule has 1 aromatic heterocycles. The zero-order chi connectivity index (χ0) is 17.8. The number of carbonyl (C=O) groups is 1. The molecule has 0 aliphatic rings. The zero-order valence-corrected chi connectivity index (χ0v) is 14.2. The van der Waals surface area contributed by atoms with Crippen LogP contribution in [0.3, 0.4) is 0 Å². The molecule has 3 rings (SSSR count). The lowest BCUT2D eigenvalue weighted by molar-refractivity contribution is -0.121. The van der Waals surface area contributed by atoms with Gasteiger partial charge in [-0.15, -0.1) is 0 Å². The molecule has 25 heavy (non-hydrogen) atoms. The molecule has 0 fully saturated rings. The average Bonchev–Trinajstić information content (AvgIpc) is 2.88. The molecule has 0 bridgehead atoms. The molecule has 0 aliphatic carbocycles. The van der Waals surface area contributed by atoms with Crippen molar-refractivity contribution in [2.24, 2.45) is 0 Å². The first-order chi connectivity index (χ1) is 12.0. The fourth-order valence-electron chi connectivity index (χ4n) is 2.56. The van der Waals surface area contributed by atoms with Gasteiger partial charge in [0.25, 0.3) is 0 Å². The Bertz CT molecular complexity index is 940. The van der Waals surface area contributed by atoms with Gasteiger partial charge in [-0.2, -0.15) is 0 Å². The molecule has 6 heteroatoms. The first-order valence-electron chi connectivity index (χ1n) is 8.13. The third-order valence-electron chi connectivity index (χ3n) is 3.64. The summed E-state index contributed by atoms with van der Waals surface area (Å²) in [6, 6.07) is 14.6. The van der Waals surface area contributed by atoms with Crippen LogP contribution in [-0.4, -0.2) is 16.6 Å². The largest absolute Gasteiger partial charge is 0.491 e. The Morgan fingerprint density at radius 3 is 2.80 bits per heavy atom. The van der Waals surface area contributed by atoms with Crippen LogP contribution in [0.1, 0.15) is 19.4 Å². The highest BCUT2D eigenvalue weighted by atomic mass is 16.5. The molecule has 130 valence electrons. The summed E-state index contributed by atoms with van der Waals surface area (Å²) in [5.74, 6) is -0.0358. The number of rotatable bonds is 6. The maximum absolute atomic E-state index is 12.2. The van der Waals surface area contributed by atoms with E-state index in [1.807, 2.05) is 38.1 Å². The molecule has 0 atom stereocenters. The van der Waals surface area contributed by atoms with E-state index in [-0.39, 0.29) is 18.6 Å². The Morgan fingerprint density at radius 1 is 1.20 bits per heavy atom. The predicted molar refractivity (Wildman–Crippen MR) is 94.5 cm³/mol. The maximum atomic E-state index is 12.2. The molecule has 0 saturated heterocycles. The van der Waals surface area contributed by atoms with Gasteiger partial charge in [0.05, 0.1) is 11.6 Å². The molecular formula is C19H20N2O4. The van der Waals surface area contributed by atoms with Crippen molar-refractivity contribution in [3.05, 3.63) is 64.6 Å². The van der Waals surface area contributed by atoms with Gasteiger partial charge in [-0.3, -0.25) is 9.36 Å². The van der Waals surface area contributed by atoms with Gasteiger partial charge in [0, 0.05) is 6.54 Å². The van der Waals surface area contributed by atoms with E-state index in [4.69, 9.17) is 9.15 Å². The highest BCUT2D eigenvalue weighted by molar-refractivity contribution is 5.79. The monoisotopic (exact) mass is 340 g/mol. The van der Waals surface area contributed by atoms with Crippen LogP contribution in [0, 0.1) is 0 Å². The van der Waals surface area contributed by atoms with Crippen molar-refractivity contribution in [3.8, 4) is 5.75 Å². The van der Waals surface area contributed by atoms with Crippen molar-refractivity contribution in [1.29, 1.82) is 0 Å². The molecule has 0 radical (unpaired) electrons.